The van der Waals surface area contributed by atoms with E-state index in [0.717, 1.165) is 26.8 Å². The zero-order valence-electron chi connectivity index (χ0n) is 12.8. The van der Waals surface area contributed by atoms with E-state index in [4.69, 9.17) is 10.5 Å². The molecule has 0 amide bonds. The Labute approximate surface area is 141 Å². The van der Waals surface area contributed by atoms with Gasteiger partial charge in [0.05, 0.1) is 31.2 Å². The fourth-order valence-electron chi connectivity index (χ4n) is 2.40. The van der Waals surface area contributed by atoms with Gasteiger partial charge in [-0.05, 0) is 17.7 Å². The van der Waals surface area contributed by atoms with Gasteiger partial charge in [-0.1, -0.05) is 17.4 Å². The molecule has 4 aromatic rings. The first kappa shape index (κ1) is 14.7. The van der Waals surface area contributed by atoms with E-state index >= 15 is 0 Å². The molecule has 0 saturated heterocycles. The van der Waals surface area contributed by atoms with Gasteiger partial charge in [0.1, 0.15) is 10.8 Å². The largest absolute Gasteiger partial charge is 0.495 e. The topological polar surface area (TPSA) is 91.2 Å². The zero-order chi connectivity index (χ0) is 16.5. The normalized spacial score (nSPS) is 12.4. The SMILES string of the molecule is COc1cncc(-c2cnc3sc(C(N)c4cccnc4)nn23)c1. The van der Waals surface area contributed by atoms with Crippen LogP contribution in [0.5, 0.6) is 5.75 Å². The molecule has 4 heterocycles. The summed E-state index contributed by atoms with van der Waals surface area (Å²) in [5.41, 5.74) is 8.95. The Kier molecular flexibility index (Phi) is 3.68. The first-order valence-corrected chi connectivity index (χ1v) is 8.07. The van der Waals surface area contributed by atoms with Crippen molar-refractivity contribution in [2.45, 2.75) is 6.04 Å². The molecule has 0 fully saturated rings. The molecule has 0 spiro atoms. The fourth-order valence-corrected chi connectivity index (χ4v) is 3.31. The number of rotatable bonds is 4. The van der Waals surface area contributed by atoms with Crippen LogP contribution in [0.15, 0.2) is 49.2 Å². The van der Waals surface area contributed by atoms with Crippen LogP contribution in [0.1, 0.15) is 16.6 Å². The highest BCUT2D eigenvalue weighted by atomic mass is 32.1. The minimum absolute atomic E-state index is 0.332. The molecule has 0 bridgehead atoms. The molecule has 0 radical (unpaired) electrons. The van der Waals surface area contributed by atoms with E-state index < -0.39 is 0 Å². The molecule has 0 aliphatic carbocycles. The van der Waals surface area contributed by atoms with Gasteiger partial charge in [-0.2, -0.15) is 5.10 Å². The summed E-state index contributed by atoms with van der Waals surface area (Å²) in [6.45, 7) is 0. The number of nitrogens with zero attached hydrogens (tertiary/aromatic N) is 5. The molecule has 8 heteroatoms. The standard InChI is InChI=1S/C16H14N6OS/c1-23-12-5-11(7-19-8-12)13-9-20-16-22(13)21-15(24-16)14(17)10-3-2-4-18-6-10/h2-9,14H,17H2,1H3. The Morgan fingerprint density at radius 3 is 2.92 bits per heavy atom. The van der Waals surface area contributed by atoms with Gasteiger partial charge in [-0.25, -0.2) is 9.50 Å². The van der Waals surface area contributed by atoms with Gasteiger partial charge in [0, 0.05) is 24.2 Å². The summed E-state index contributed by atoms with van der Waals surface area (Å²) in [6.07, 6.45) is 8.66. The second kappa shape index (κ2) is 5.99. The maximum absolute atomic E-state index is 6.31. The molecule has 0 saturated carbocycles. The lowest BCUT2D eigenvalue weighted by Crippen LogP contribution is -2.12. The molecule has 4 aromatic heterocycles. The minimum atomic E-state index is -0.332. The van der Waals surface area contributed by atoms with Crippen molar-refractivity contribution in [1.82, 2.24) is 24.6 Å². The molecule has 24 heavy (non-hydrogen) atoms. The maximum atomic E-state index is 6.31. The smallest absolute Gasteiger partial charge is 0.212 e. The summed E-state index contributed by atoms with van der Waals surface area (Å²) < 4.78 is 7.01. The molecular weight excluding hydrogens is 324 g/mol. The van der Waals surface area contributed by atoms with Crippen LogP contribution in [-0.2, 0) is 0 Å². The lowest BCUT2D eigenvalue weighted by molar-refractivity contribution is 0.413. The van der Waals surface area contributed by atoms with Crippen molar-refractivity contribution in [3.05, 3.63) is 59.8 Å². The van der Waals surface area contributed by atoms with E-state index in [0.29, 0.717) is 5.75 Å². The Bertz CT molecular complexity index is 981. The monoisotopic (exact) mass is 338 g/mol. The summed E-state index contributed by atoms with van der Waals surface area (Å²) >= 11 is 1.46. The molecule has 120 valence electrons. The Morgan fingerprint density at radius 1 is 1.21 bits per heavy atom. The first-order valence-electron chi connectivity index (χ1n) is 7.25. The number of aromatic nitrogens is 5. The highest BCUT2D eigenvalue weighted by Crippen LogP contribution is 2.28. The lowest BCUT2D eigenvalue weighted by Gasteiger charge is -2.06. The van der Waals surface area contributed by atoms with Crippen LogP contribution in [0.2, 0.25) is 0 Å². The summed E-state index contributed by atoms with van der Waals surface area (Å²) in [6, 6.07) is 5.37. The number of ether oxygens (including phenoxy) is 1. The Hall–Kier alpha value is -2.84. The van der Waals surface area contributed by atoms with Crippen LogP contribution in [0, 0.1) is 0 Å². The molecule has 7 nitrogen and oxygen atoms in total. The average molecular weight is 338 g/mol. The Balaban J connectivity index is 1.76. The molecule has 0 aromatic carbocycles. The number of hydrogen-bond acceptors (Lipinski definition) is 7. The summed E-state index contributed by atoms with van der Waals surface area (Å²) in [7, 11) is 1.61. The number of hydrogen-bond donors (Lipinski definition) is 1. The molecular formula is C16H14N6OS. The van der Waals surface area contributed by atoms with Gasteiger partial charge in [-0.3, -0.25) is 9.97 Å². The number of nitrogens with two attached hydrogens (primary N) is 1. The molecule has 0 aliphatic rings. The van der Waals surface area contributed by atoms with Gasteiger partial charge in [0.2, 0.25) is 4.96 Å². The van der Waals surface area contributed by atoms with Crippen molar-refractivity contribution in [2.24, 2.45) is 5.73 Å². The van der Waals surface area contributed by atoms with Crippen molar-refractivity contribution in [3.8, 4) is 17.0 Å². The zero-order valence-corrected chi connectivity index (χ0v) is 13.6. The third-order valence-electron chi connectivity index (χ3n) is 3.66. The third-order valence-corrected chi connectivity index (χ3v) is 4.66. The van der Waals surface area contributed by atoms with E-state index in [1.165, 1.54) is 11.3 Å². The third kappa shape index (κ3) is 2.51. The van der Waals surface area contributed by atoms with E-state index in [1.807, 2.05) is 18.2 Å². The van der Waals surface area contributed by atoms with Gasteiger partial charge < -0.3 is 10.5 Å². The Morgan fingerprint density at radius 2 is 2.12 bits per heavy atom. The maximum Gasteiger partial charge on any atom is 0.212 e. The van der Waals surface area contributed by atoms with Crippen molar-refractivity contribution in [1.29, 1.82) is 0 Å². The van der Waals surface area contributed by atoms with Crippen LogP contribution >= 0.6 is 11.3 Å². The highest BCUT2D eigenvalue weighted by Gasteiger charge is 2.18. The van der Waals surface area contributed by atoms with Gasteiger partial charge >= 0.3 is 0 Å². The first-order chi connectivity index (χ1) is 11.8. The molecule has 0 aliphatic heterocycles. The molecule has 4 rings (SSSR count). The van der Waals surface area contributed by atoms with Gasteiger partial charge in [0.15, 0.2) is 0 Å². The molecule has 1 atom stereocenters. The van der Waals surface area contributed by atoms with Crippen molar-refractivity contribution in [3.63, 3.8) is 0 Å². The number of imidazole rings is 1. The molecule has 2 N–H and O–H groups in total. The van der Waals surface area contributed by atoms with E-state index in [2.05, 4.69) is 20.1 Å². The predicted octanol–water partition coefficient (Wildman–Crippen LogP) is 2.30. The van der Waals surface area contributed by atoms with Gasteiger partial charge in [-0.15, -0.1) is 0 Å². The summed E-state index contributed by atoms with van der Waals surface area (Å²) in [5.74, 6) is 0.685. The van der Waals surface area contributed by atoms with Crippen LogP contribution in [0.3, 0.4) is 0 Å². The summed E-state index contributed by atoms with van der Waals surface area (Å²) in [4.78, 5) is 13.5. The van der Waals surface area contributed by atoms with Crippen molar-refractivity contribution in [2.75, 3.05) is 7.11 Å². The second-order valence-electron chi connectivity index (χ2n) is 5.16. The average Bonchev–Trinajstić information content (AvgIpc) is 3.22. The van der Waals surface area contributed by atoms with Crippen LogP contribution in [-0.4, -0.2) is 31.7 Å². The summed E-state index contributed by atoms with van der Waals surface area (Å²) in [5, 5.41) is 5.41. The van der Waals surface area contributed by atoms with E-state index in [1.54, 1.807) is 42.6 Å². The van der Waals surface area contributed by atoms with Crippen molar-refractivity contribution >= 4 is 16.3 Å². The van der Waals surface area contributed by atoms with E-state index in [9.17, 15) is 0 Å². The molecule has 1 unspecified atom stereocenters. The minimum Gasteiger partial charge on any atom is -0.495 e. The second-order valence-corrected chi connectivity index (χ2v) is 6.14. The van der Waals surface area contributed by atoms with Crippen molar-refractivity contribution < 1.29 is 4.74 Å². The van der Waals surface area contributed by atoms with Crippen LogP contribution < -0.4 is 10.5 Å². The lowest BCUT2D eigenvalue weighted by atomic mass is 10.1. The fraction of sp³-hybridized carbons (Fsp3) is 0.125. The number of fused-ring (bicyclic) bond motifs is 1. The van der Waals surface area contributed by atoms with Crippen LogP contribution in [0.4, 0.5) is 0 Å². The van der Waals surface area contributed by atoms with E-state index in [-0.39, 0.29) is 6.04 Å². The number of methoxy groups -OCH3 is 1. The highest BCUT2D eigenvalue weighted by molar-refractivity contribution is 7.16. The van der Waals surface area contributed by atoms with Gasteiger partial charge in [0.25, 0.3) is 0 Å². The van der Waals surface area contributed by atoms with Crippen LogP contribution in [0.25, 0.3) is 16.2 Å². The predicted molar refractivity (Wildman–Crippen MR) is 90.9 cm³/mol. The number of pyridine rings is 2. The quantitative estimate of drug-likeness (QED) is 0.614.